The van der Waals surface area contributed by atoms with E-state index in [4.69, 9.17) is 4.74 Å². The van der Waals surface area contributed by atoms with E-state index in [1.165, 1.54) is 5.56 Å². The molecule has 0 unspecified atom stereocenters. The maximum absolute atomic E-state index is 5.27. The van der Waals surface area contributed by atoms with Crippen molar-refractivity contribution in [1.29, 1.82) is 0 Å². The number of rotatable bonds is 3. The number of morpholine rings is 1. The van der Waals surface area contributed by atoms with Gasteiger partial charge in [0, 0.05) is 6.21 Å². The molecular formula is C14H18N2O. The maximum Gasteiger partial charge on any atom is 0.0659 e. The fourth-order valence-corrected chi connectivity index (χ4v) is 1.69. The molecule has 1 heterocycles. The summed E-state index contributed by atoms with van der Waals surface area (Å²) in [6.45, 7) is 5.39. The summed E-state index contributed by atoms with van der Waals surface area (Å²) in [6, 6.07) is 10.3. The van der Waals surface area contributed by atoms with Gasteiger partial charge in [-0.15, -0.1) is 0 Å². The lowest BCUT2D eigenvalue weighted by molar-refractivity contribution is 0.0397. The Morgan fingerprint density at radius 3 is 2.65 bits per heavy atom. The van der Waals surface area contributed by atoms with Crippen LogP contribution in [-0.2, 0) is 4.74 Å². The van der Waals surface area contributed by atoms with Crippen molar-refractivity contribution in [2.45, 2.75) is 6.92 Å². The highest BCUT2D eigenvalue weighted by Crippen LogP contribution is 2.05. The van der Waals surface area contributed by atoms with Crippen LogP contribution in [0.1, 0.15) is 12.5 Å². The van der Waals surface area contributed by atoms with Crippen LogP contribution in [0, 0.1) is 0 Å². The lowest BCUT2D eigenvalue weighted by Crippen LogP contribution is -2.32. The van der Waals surface area contributed by atoms with Gasteiger partial charge in [0.15, 0.2) is 0 Å². The van der Waals surface area contributed by atoms with Crippen LogP contribution in [0.25, 0.3) is 6.08 Å². The molecule has 3 nitrogen and oxygen atoms in total. The van der Waals surface area contributed by atoms with Gasteiger partial charge in [-0.05, 0) is 18.1 Å². The number of nitrogens with zero attached hydrogens (tertiary/aromatic N) is 2. The van der Waals surface area contributed by atoms with Gasteiger partial charge in [0.25, 0.3) is 0 Å². The summed E-state index contributed by atoms with van der Waals surface area (Å²) in [5.74, 6) is 0. The van der Waals surface area contributed by atoms with Crippen LogP contribution >= 0.6 is 0 Å². The first-order chi connectivity index (χ1) is 8.34. The molecule has 0 radical (unpaired) electrons. The van der Waals surface area contributed by atoms with E-state index in [-0.39, 0.29) is 0 Å². The average Bonchev–Trinajstić information content (AvgIpc) is 2.39. The van der Waals surface area contributed by atoms with Crippen LogP contribution in [0.5, 0.6) is 0 Å². The number of allylic oxidation sites excluding steroid dienone is 1. The van der Waals surface area contributed by atoms with Crippen molar-refractivity contribution in [2.75, 3.05) is 26.3 Å². The molecule has 0 atom stereocenters. The molecule has 0 N–H and O–H groups in total. The smallest absolute Gasteiger partial charge is 0.0659 e. The van der Waals surface area contributed by atoms with E-state index in [0.717, 1.165) is 31.9 Å². The van der Waals surface area contributed by atoms with Crippen molar-refractivity contribution in [1.82, 2.24) is 5.01 Å². The molecule has 0 aliphatic carbocycles. The van der Waals surface area contributed by atoms with Gasteiger partial charge in [-0.25, -0.2) is 0 Å². The molecule has 0 saturated carbocycles. The molecule has 1 aliphatic heterocycles. The molecule has 17 heavy (non-hydrogen) atoms. The molecule has 1 saturated heterocycles. The number of hydrogen-bond acceptors (Lipinski definition) is 3. The number of ether oxygens (including phenoxy) is 1. The van der Waals surface area contributed by atoms with Gasteiger partial charge in [0.05, 0.1) is 26.3 Å². The van der Waals surface area contributed by atoms with E-state index in [1.54, 1.807) is 0 Å². The van der Waals surface area contributed by atoms with Gasteiger partial charge in [-0.2, -0.15) is 5.10 Å². The summed E-state index contributed by atoms with van der Waals surface area (Å²) in [6.07, 6.45) is 4.04. The Labute approximate surface area is 102 Å². The molecule has 0 aromatic heterocycles. The van der Waals surface area contributed by atoms with Crippen molar-refractivity contribution in [3.8, 4) is 0 Å². The molecule has 1 aromatic carbocycles. The Kier molecular flexibility index (Phi) is 4.33. The van der Waals surface area contributed by atoms with Gasteiger partial charge in [-0.1, -0.05) is 36.4 Å². The van der Waals surface area contributed by atoms with Crippen LogP contribution in [0.2, 0.25) is 0 Å². The molecule has 0 bridgehead atoms. The summed E-state index contributed by atoms with van der Waals surface area (Å²) in [7, 11) is 0. The van der Waals surface area contributed by atoms with Crippen LogP contribution in [0.3, 0.4) is 0 Å². The first-order valence-electron chi connectivity index (χ1n) is 5.94. The van der Waals surface area contributed by atoms with E-state index in [9.17, 15) is 0 Å². The van der Waals surface area contributed by atoms with Crippen molar-refractivity contribution in [3.05, 3.63) is 41.5 Å². The summed E-state index contributed by atoms with van der Waals surface area (Å²) < 4.78 is 5.27. The summed E-state index contributed by atoms with van der Waals surface area (Å²) >= 11 is 0. The molecule has 1 fully saturated rings. The predicted octanol–water partition coefficient (Wildman–Crippen LogP) is 2.41. The zero-order chi connectivity index (χ0) is 11.9. The van der Waals surface area contributed by atoms with Crippen molar-refractivity contribution in [3.63, 3.8) is 0 Å². The number of hydrazone groups is 1. The number of hydrogen-bond donors (Lipinski definition) is 0. The maximum atomic E-state index is 5.27. The third-order valence-electron chi connectivity index (χ3n) is 2.61. The van der Waals surface area contributed by atoms with E-state index in [0.29, 0.717) is 0 Å². The first-order valence-corrected chi connectivity index (χ1v) is 5.94. The van der Waals surface area contributed by atoms with Crippen LogP contribution < -0.4 is 0 Å². The van der Waals surface area contributed by atoms with Gasteiger partial charge < -0.3 is 4.74 Å². The van der Waals surface area contributed by atoms with Crippen molar-refractivity contribution < 1.29 is 4.74 Å². The van der Waals surface area contributed by atoms with Crippen LogP contribution in [0.4, 0.5) is 0 Å². The van der Waals surface area contributed by atoms with Crippen molar-refractivity contribution >= 4 is 12.3 Å². The van der Waals surface area contributed by atoms with E-state index in [1.807, 2.05) is 29.4 Å². The van der Waals surface area contributed by atoms with Gasteiger partial charge in [0.2, 0.25) is 0 Å². The molecule has 0 spiro atoms. The van der Waals surface area contributed by atoms with E-state index < -0.39 is 0 Å². The highest BCUT2D eigenvalue weighted by molar-refractivity contribution is 5.84. The molecule has 1 aromatic rings. The topological polar surface area (TPSA) is 24.8 Å². The first kappa shape index (κ1) is 11.9. The van der Waals surface area contributed by atoms with E-state index in [2.05, 4.69) is 30.2 Å². The summed E-state index contributed by atoms with van der Waals surface area (Å²) in [4.78, 5) is 0. The van der Waals surface area contributed by atoms with Crippen LogP contribution in [0.15, 0.2) is 41.0 Å². The fourth-order valence-electron chi connectivity index (χ4n) is 1.69. The fraction of sp³-hybridized carbons (Fsp3) is 0.357. The molecular weight excluding hydrogens is 212 g/mol. The molecule has 2 rings (SSSR count). The Hall–Kier alpha value is -1.61. The standard InChI is InChI=1S/C14H18N2O/c1-13(11-14-5-3-2-4-6-14)12-15-16-7-9-17-10-8-16/h2-6,11-12H,7-10H2,1H3/b13-11+,15-12+. The van der Waals surface area contributed by atoms with Crippen molar-refractivity contribution in [2.24, 2.45) is 5.10 Å². The zero-order valence-electron chi connectivity index (χ0n) is 10.2. The molecule has 3 heteroatoms. The minimum Gasteiger partial charge on any atom is -0.378 e. The predicted molar refractivity (Wildman–Crippen MR) is 71.0 cm³/mol. The minimum absolute atomic E-state index is 0.777. The Morgan fingerprint density at radius 1 is 1.24 bits per heavy atom. The highest BCUT2D eigenvalue weighted by atomic mass is 16.5. The zero-order valence-corrected chi connectivity index (χ0v) is 10.2. The second kappa shape index (κ2) is 6.21. The Balaban J connectivity index is 1.93. The second-order valence-electron chi connectivity index (χ2n) is 4.11. The quantitative estimate of drug-likeness (QED) is 0.745. The molecule has 90 valence electrons. The van der Waals surface area contributed by atoms with Gasteiger partial charge in [0.1, 0.15) is 0 Å². The second-order valence-corrected chi connectivity index (χ2v) is 4.11. The van der Waals surface area contributed by atoms with Gasteiger partial charge >= 0.3 is 0 Å². The summed E-state index contributed by atoms with van der Waals surface area (Å²) in [5, 5.41) is 6.49. The highest BCUT2D eigenvalue weighted by Gasteiger charge is 2.05. The minimum atomic E-state index is 0.777. The molecule has 0 amide bonds. The summed E-state index contributed by atoms with van der Waals surface area (Å²) in [5.41, 5.74) is 2.36. The average molecular weight is 230 g/mol. The van der Waals surface area contributed by atoms with Crippen LogP contribution in [-0.4, -0.2) is 37.5 Å². The largest absolute Gasteiger partial charge is 0.378 e. The van der Waals surface area contributed by atoms with E-state index >= 15 is 0 Å². The molecule has 1 aliphatic rings. The SMILES string of the molecule is CC(/C=N/N1CCOCC1)=C\c1ccccc1. The Bertz CT molecular complexity index is 392. The monoisotopic (exact) mass is 230 g/mol. The lowest BCUT2D eigenvalue weighted by Gasteiger charge is -2.23. The number of benzene rings is 1. The third-order valence-corrected chi connectivity index (χ3v) is 2.61. The lowest BCUT2D eigenvalue weighted by atomic mass is 10.1. The Morgan fingerprint density at radius 2 is 1.94 bits per heavy atom. The normalized spacial score (nSPS) is 17.7. The third kappa shape index (κ3) is 4.04. The van der Waals surface area contributed by atoms with Gasteiger partial charge in [-0.3, -0.25) is 5.01 Å².